The van der Waals surface area contributed by atoms with Crippen LogP contribution in [0.2, 0.25) is 10.0 Å². The largest absolute Gasteiger partial charge is 0.494 e. The zero-order chi connectivity index (χ0) is 24.4. The maximum atomic E-state index is 13.6. The molecule has 0 bridgehead atoms. The van der Waals surface area contributed by atoms with Crippen LogP contribution in [0, 0.1) is 0 Å². The lowest BCUT2D eigenvalue weighted by molar-refractivity contribution is -0.139. The maximum absolute atomic E-state index is 13.6. The van der Waals surface area contributed by atoms with E-state index in [1.54, 1.807) is 38.1 Å². The Balaban J connectivity index is 1.92. The van der Waals surface area contributed by atoms with E-state index in [9.17, 15) is 9.59 Å². The number of allylic oxidation sites excluding steroid dienone is 1. The molecule has 2 heterocycles. The zero-order valence-corrected chi connectivity index (χ0v) is 21.1. The van der Waals surface area contributed by atoms with Crippen LogP contribution in [0.1, 0.15) is 37.9 Å². The predicted octanol–water partition coefficient (Wildman–Crippen LogP) is 4.50. The predicted molar refractivity (Wildman–Crippen MR) is 134 cm³/mol. The highest BCUT2D eigenvalue weighted by atomic mass is 35.5. The highest BCUT2D eigenvalue weighted by molar-refractivity contribution is 7.07. The van der Waals surface area contributed by atoms with E-state index in [4.69, 9.17) is 32.7 Å². The molecule has 1 aliphatic rings. The van der Waals surface area contributed by atoms with E-state index in [2.05, 4.69) is 4.99 Å². The van der Waals surface area contributed by atoms with Crippen molar-refractivity contribution in [2.45, 2.75) is 26.8 Å². The molecule has 1 atom stereocenters. The summed E-state index contributed by atoms with van der Waals surface area (Å²) in [6, 6.07) is 11.7. The summed E-state index contributed by atoms with van der Waals surface area (Å²) >= 11 is 13.6. The van der Waals surface area contributed by atoms with Gasteiger partial charge in [-0.3, -0.25) is 9.36 Å². The van der Waals surface area contributed by atoms with Crippen LogP contribution in [0.15, 0.2) is 63.5 Å². The van der Waals surface area contributed by atoms with E-state index < -0.39 is 12.0 Å². The molecule has 0 amide bonds. The highest BCUT2D eigenvalue weighted by Crippen LogP contribution is 2.31. The third-order valence-electron chi connectivity index (χ3n) is 5.27. The van der Waals surface area contributed by atoms with Crippen LogP contribution < -0.4 is 19.6 Å². The SMILES string of the molecule is CCOC(=O)C1=C(C)N=c2sc(=Cc3ccc(Cl)cc3Cl)c(=O)n2C1c1ccc(OCC)cc1. The molecular formula is C25H22Cl2N2O4S. The number of carbonyl (C=O) groups is 1. The quantitative estimate of drug-likeness (QED) is 0.452. The second kappa shape index (κ2) is 10.2. The molecule has 34 heavy (non-hydrogen) atoms. The number of aromatic nitrogens is 1. The Morgan fingerprint density at radius 2 is 1.88 bits per heavy atom. The third kappa shape index (κ3) is 4.69. The van der Waals surface area contributed by atoms with Gasteiger partial charge in [0.15, 0.2) is 4.80 Å². The minimum Gasteiger partial charge on any atom is -0.494 e. The molecule has 0 spiro atoms. The molecule has 0 radical (unpaired) electrons. The fourth-order valence-electron chi connectivity index (χ4n) is 3.78. The third-order valence-corrected chi connectivity index (χ3v) is 6.82. The molecular weight excluding hydrogens is 495 g/mol. The molecule has 0 saturated carbocycles. The molecule has 1 unspecified atom stereocenters. The molecule has 2 aromatic carbocycles. The standard InChI is InChI=1S/C25H22Cl2N2O4S/c1-4-32-18-10-7-15(8-11-18)22-21(24(31)33-5-2)14(3)28-25-29(22)23(30)20(34-25)12-16-6-9-17(26)13-19(16)27/h6-13,22H,4-5H2,1-3H3. The first-order chi connectivity index (χ1) is 16.3. The summed E-state index contributed by atoms with van der Waals surface area (Å²) in [6.07, 6.45) is 1.71. The fraction of sp³-hybridized carbons (Fsp3) is 0.240. The molecule has 0 N–H and O–H groups in total. The Hall–Kier alpha value is -2.87. The number of fused-ring (bicyclic) bond motifs is 1. The summed E-state index contributed by atoms with van der Waals surface area (Å²) in [4.78, 5) is 31.6. The topological polar surface area (TPSA) is 69.9 Å². The van der Waals surface area contributed by atoms with Gasteiger partial charge in [0.05, 0.1) is 35.1 Å². The summed E-state index contributed by atoms with van der Waals surface area (Å²) in [5.74, 6) is 0.201. The lowest BCUT2D eigenvalue weighted by atomic mass is 9.96. The van der Waals surface area contributed by atoms with Gasteiger partial charge in [-0.15, -0.1) is 0 Å². The number of halogens is 2. The highest BCUT2D eigenvalue weighted by Gasteiger charge is 2.33. The Kier molecular flexibility index (Phi) is 7.26. The second-order valence-corrected chi connectivity index (χ2v) is 9.32. The van der Waals surface area contributed by atoms with Crippen molar-refractivity contribution >= 4 is 46.6 Å². The first kappa shape index (κ1) is 24.3. The number of hydrogen-bond donors (Lipinski definition) is 0. The number of esters is 1. The van der Waals surface area contributed by atoms with Crippen LogP contribution in [0.3, 0.4) is 0 Å². The minimum absolute atomic E-state index is 0.213. The van der Waals surface area contributed by atoms with Gasteiger partial charge in [-0.25, -0.2) is 9.79 Å². The van der Waals surface area contributed by atoms with Crippen LogP contribution >= 0.6 is 34.5 Å². The number of carbonyl (C=O) groups excluding carboxylic acids is 1. The Morgan fingerprint density at radius 3 is 2.53 bits per heavy atom. The van der Waals surface area contributed by atoms with E-state index >= 15 is 0 Å². The number of thiazole rings is 1. The number of hydrogen-bond acceptors (Lipinski definition) is 6. The summed E-state index contributed by atoms with van der Waals surface area (Å²) in [7, 11) is 0. The van der Waals surface area contributed by atoms with E-state index in [1.807, 2.05) is 31.2 Å². The van der Waals surface area contributed by atoms with E-state index in [0.29, 0.717) is 48.6 Å². The smallest absolute Gasteiger partial charge is 0.338 e. The Morgan fingerprint density at radius 1 is 1.15 bits per heavy atom. The van der Waals surface area contributed by atoms with Crippen LogP contribution in [-0.4, -0.2) is 23.8 Å². The van der Waals surface area contributed by atoms with Crippen LogP contribution in [0.4, 0.5) is 0 Å². The average molecular weight is 517 g/mol. The molecule has 176 valence electrons. The van der Waals surface area contributed by atoms with Gasteiger partial charge in [-0.2, -0.15) is 0 Å². The lowest BCUT2D eigenvalue weighted by Crippen LogP contribution is -2.39. The summed E-state index contributed by atoms with van der Waals surface area (Å²) in [5, 5.41) is 0.943. The van der Waals surface area contributed by atoms with Gasteiger partial charge in [-0.05, 0) is 62.2 Å². The summed E-state index contributed by atoms with van der Waals surface area (Å²) in [6.45, 7) is 6.15. The molecule has 6 nitrogen and oxygen atoms in total. The van der Waals surface area contributed by atoms with Gasteiger partial charge in [0.1, 0.15) is 5.75 Å². The monoisotopic (exact) mass is 516 g/mol. The van der Waals surface area contributed by atoms with Gasteiger partial charge in [0, 0.05) is 10.0 Å². The van der Waals surface area contributed by atoms with Crippen molar-refractivity contribution < 1.29 is 14.3 Å². The number of rotatable bonds is 6. The van der Waals surface area contributed by atoms with Crippen LogP contribution in [0.25, 0.3) is 6.08 Å². The van der Waals surface area contributed by atoms with Crippen molar-refractivity contribution in [1.29, 1.82) is 0 Å². The van der Waals surface area contributed by atoms with E-state index in [1.165, 1.54) is 15.9 Å². The van der Waals surface area contributed by atoms with Crippen molar-refractivity contribution in [3.63, 3.8) is 0 Å². The van der Waals surface area contributed by atoms with Crippen molar-refractivity contribution in [2.24, 2.45) is 4.99 Å². The molecule has 1 aliphatic heterocycles. The van der Waals surface area contributed by atoms with Crippen molar-refractivity contribution in [1.82, 2.24) is 4.57 Å². The molecule has 3 aromatic rings. The van der Waals surface area contributed by atoms with Gasteiger partial charge in [0.25, 0.3) is 5.56 Å². The number of nitrogens with zero attached hydrogens (tertiary/aromatic N) is 2. The maximum Gasteiger partial charge on any atom is 0.338 e. The van der Waals surface area contributed by atoms with Crippen LogP contribution in [-0.2, 0) is 9.53 Å². The summed E-state index contributed by atoms with van der Waals surface area (Å²) < 4.78 is 12.8. The molecule has 4 rings (SSSR count). The van der Waals surface area contributed by atoms with Gasteiger partial charge in [-0.1, -0.05) is 52.7 Å². The molecule has 9 heteroatoms. The molecule has 1 aromatic heterocycles. The second-order valence-electron chi connectivity index (χ2n) is 7.47. The first-order valence-electron chi connectivity index (χ1n) is 10.7. The number of ether oxygens (including phenoxy) is 2. The lowest BCUT2D eigenvalue weighted by Gasteiger charge is -2.24. The van der Waals surface area contributed by atoms with Crippen LogP contribution in [0.5, 0.6) is 5.75 Å². The average Bonchev–Trinajstić information content (AvgIpc) is 3.10. The summed E-state index contributed by atoms with van der Waals surface area (Å²) in [5.41, 5.74) is 1.97. The van der Waals surface area contributed by atoms with Gasteiger partial charge in [0.2, 0.25) is 0 Å². The zero-order valence-electron chi connectivity index (χ0n) is 18.8. The molecule has 0 fully saturated rings. The van der Waals surface area contributed by atoms with Crippen molar-refractivity contribution in [3.8, 4) is 5.75 Å². The van der Waals surface area contributed by atoms with E-state index in [-0.39, 0.29) is 12.2 Å². The minimum atomic E-state index is -0.686. The van der Waals surface area contributed by atoms with Gasteiger partial charge < -0.3 is 9.47 Å². The Labute approximate surface area is 210 Å². The van der Waals surface area contributed by atoms with Gasteiger partial charge >= 0.3 is 5.97 Å². The fourth-order valence-corrected chi connectivity index (χ4v) is 5.28. The molecule has 0 saturated heterocycles. The van der Waals surface area contributed by atoms with Crippen molar-refractivity contribution in [3.05, 3.63) is 94.6 Å². The van der Waals surface area contributed by atoms with E-state index in [0.717, 1.165) is 5.56 Å². The Bertz CT molecular complexity index is 1460. The molecule has 0 aliphatic carbocycles. The number of benzene rings is 2. The first-order valence-corrected chi connectivity index (χ1v) is 12.3. The normalized spacial score (nSPS) is 15.7. The van der Waals surface area contributed by atoms with Crippen molar-refractivity contribution in [2.75, 3.05) is 13.2 Å².